The molecule has 1 amide bonds. The Bertz CT molecular complexity index is 1220. The summed E-state index contributed by atoms with van der Waals surface area (Å²) in [4.78, 5) is 27.7. The SMILES string of the molecule is Cc1cn2c(C(=O)N3CCC(O)(c4ccccc4)[C@@H]4CCCC[C@@H]43)nc(N3CCOCC3)c2cn1. The molecule has 0 radical (unpaired) electrons. The van der Waals surface area contributed by atoms with Crippen LogP contribution in [0.5, 0.6) is 0 Å². The number of ether oxygens (including phenoxy) is 1. The molecular formula is C27H33N5O3. The van der Waals surface area contributed by atoms with Gasteiger partial charge in [0.2, 0.25) is 5.82 Å². The molecule has 0 bridgehead atoms. The smallest absolute Gasteiger partial charge is 0.290 e. The van der Waals surface area contributed by atoms with Gasteiger partial charge in [-0.15, -0.1) is 0 Å². The standard InChI is InChI=1S/C27H33N5O3/c1-19-18-32-23(17-28-19)24(30-13-15-35-16-14-30)29-25(32)26(33)31-12-11-27(34,20-7-3-2-4-8-20)21-9-5-6-10-22(21)31/h2-4,7-8,17-18,21-22,34H,5-6,9-16H2,1H3/t21-,22+,27?/m1/s1. The summed E-state index contributed by atoms with van der Waals surface area (Å²) in [5.41, 5.74) is 1.74. The van der Waals surface area contributed by atoms with Gasteiger partial charge in [0.25, 0.3) is 5.91 Å². The third-order valence-corrected chi connectivity index (χ3v) is 8.15. The van der Waals surface area contributed by atoms with Crippen LogP contribution in [0.3, 0.4) is 0 Å². The molecule has 3 aromatic rings. The zero-order chi connectivity index (χ0) is 24.0. The Balaban J connectivity index is 1.37. The molecule has 184 valence electrons. The summed E-state index contributed by atoms with van der Waals surface area (Å²) in [6.45, 7) is 5.22. The summed E-state index contributed by atoms with van der Waals surface area (Å²) in [6.07, 6.45) is 8.23. The van der Waals surface area contributed by atoms with Crippen molar-refractivity contribution in [3.05, 3.63) is 59.8 Å². The molecule has 8 heteroatoms. The first-order valence-corrected chi connectivity index (χ1v) is 12.8. The van der Waals surface area contributed by atoms with Crippen LogP contribution in [-0.2, 0) is 10.3 Å². The number of hydrogen-bond donors (Lipinski definition) is 1. The van der Waals surface area contributed by atoms with Crippen LogP contribution >= 0.6 is 0 Å². The summed E-state index contributed by atoms with van der Waals surface area (Å²) < 4.78 is 7.43. The van der Waals surface area contributed by atoms with Gasteiger partial charge in [-0.2, -0.15) is 0 Å². The van der Waals surface area contributed by atoms with Crippen LogP contribution in [0, 0.1) is 12.8 Å². The van der Waals surface area contributed by atoms with Crippen LogP contribution in [0.25, 0.3) is 5.52 Å². The zero-order valence-electron chi connectivity index (χ0n) is 20.3. The van der Waals surface area contributed by atoms with Crippen molar-refractivity contribution in [1.29, 1.82) is 0 Å². The number of fused-ring (bicyclic) bond motifs is 2. The highest BCUT2D eigenvalue weighted by Crippen LogP contribution is 2.47. The number of nitrogens with zero attached hydrogens (tertiary/aromatic N) is 5. The van der Waals surface area contributed by atoms with E-state index in [4.69, 9.17) is 9.72 Å². The molecule has 2 aliphatic heterocycles. The minimum Gasteiger partial charge on any atom is -0.385 e. The van der Waals surface area contributed by atoms with Crippen molar-refractivity contribution in [2.24, 2.45) is 5.92 Å². The lowest BCUT2D eigenvalue weighted by molar-refractivity contribution is -0.110. The fourth-order valence-electron chi connectivity index (χ4n) is 6.38. The first kappa shape index (κ1) is 22.5. The summed E-state index contributed by atoms with van der Waals surface area (Å²) >= 11 is 0. The Morgan fingerprint density at radius 3 is 2.69 bits per heavy atom. The molecule has 1 saturated carbocycles. The Morgan fingerprint density at radius 1 is 1.11 bits per heavy atom. The highest BCUT2D eigenvalue weighted by Gasteiger charge is 2.50. The largest absolute Gasteiger partial charge is 0.385 e. The van der Waals surface area contributed by atoms with Crippen molar-refractivity contribution in [2.45, 2.75) is 50.7 Å². The van der Waals surface area contributed by atoms with Gasteiger partial charge < -0.3 is 19.6 Å². The van der Waals surface area contributed by atoms with Crippen molar-refractivity contribution in [1.82, 2.24) is 19.3 Å². The van der Waals surface area contributed by atoms with Gasteiger partial charge in [-0.25, -0.2) is 4.98 Å². The maximum atomic E-state index is 14.1. The third-order valence-electron chi connectivity index (χ3n) is 8.15. The number of likely N-dealkylation sites (tertiary alicyclic amines) is 1. The fraction of sp³-hybridized carbons (Fsp3) is 0.519. The van der Waals surface area contributed by atoms with Gasteiger partial charge >= 0.3 is 0 Å². The molecule has 8 nitrogen and oxygen atoms in total. The van der Waals surface area contributed by atoms with Gasteiger partial charge in [0.15, 0.2) is 5.82 Å². The first-order chi connectivity index (χ1) is 17.1. The quantitative estimate of drug-likeness (QED) is 0.627. The molecule has 3 aliphatic rings. The van der Waals surface area contributed by atoms with Crippen LogP contribution in [0.2, 0.25) is 0 Å². The number of benzene rings is 1. The third kappa shape index (κ3) is 3.79. The number of aromatic nitrogens is 3. The van der Waals surface area contributed by atoms with E-state index in [2.05, 4.69) is 9.88 Å². The number of aliphatic hydroxyl groups is 1. The summed E-state index contributed by atoms with van der Waals surface area (Å²) in [6, 6.07) is 10.0. The lowest BCUT2D eigenvalue weighted by Gasteiger charge is -2.52. The van der Waals surface area contributed by atoms with Gasteiger partial charge in [-0.05, 0) is 31.7 Å². The number of imidazole rings is 1. The molecule has 6 rings (SSSR count). The number of carbonyl (C=O) groups is 1. The molecule has 4 heterocycles. The summed E-state index contributed by atoms with van der Waals surface area (Å²) in [5, 5.41) is 11.9. The Labute approximate surface area is 205 Å². The number of morpholine rings is 1. The van der Waals surface area contributed by atoms with E-state index in [0.717, 1.165) is 61.4 Å². The zero-order valence-corrected chi connectivity index (χ0v) is 20.3. The van der Waals surface area contributed by atoms with Crippen molar-refractivity contribution in [3.8, 4) is 0 Å². The minimum atomic E-state index is -0.905. The summed E-state index contributed by atoms with van der Waals surface area (Å²) in [7, 11) is 0. The van der Waals surface area contributed by atoms with E-state index < -0.39 is 5.60 Å². The van der Waals surface area contributed by atoms with Gasteiger partial charge in [0.05, 0.1) is 30.7 Å². The molecular weight excluding hydrogens is 442 g/mol. The lowest BCUT2D eigenvalue weighted by atomic mass is 9.66. The number of amides is 1. The normalized spacial score (nSPS) is 27.1. The number of aryl methyl sites for hydroxylation is 1. The Hall–Kier alpha value is -2.97. The molecule has 3 atom stereocenters. The van der Waals surface area contributed by atoms with Gasteiger partial charge in [0, 0.05) is 37.8 Å². The van der Waals surface area contributed by atoms with E-state index in [9.17, 15) is 9.90 Å². The number of hydrogen-bond acceptors (Lipinski definition) is 6. The maximum absolute atomic E-state index is 14.1. The molecule has 3 fully saturated rings. The average Bonchev–Trinajstić information content (AvgIpc) is 3.28. The number of piperidine rings is 1. The van der Waals surface area contributed by atoms with Gasteiger partial charge in [-0.1, -0.05) is 43.2 Å². The van der Waals surface area contributed by atoms with Crippen molar-refractivity contribution < 1.29 is 14.6 Å². The predicted octanol–water partition coefficient (Wildman–Crippen LogP) is 3.17. The van der Waals surface area contributed by atoms with Crippen LogP contribution in [0.15, 0.2) is 42.7 Å². The van der Waals surface area contributed by atoms with Gasteiger partial charge in [0.1, 0.15) is 5.52 Å². The lowest BCUT2D eigenvalue weighted by Crippen LogP contribution is -2.59. The number of rotatable bonds is 3. The second-order valence-corrected chi connectivity index (χ2v) is 10.1. The highest BCUT2D eigenvalue weighted by molar-refractivity contribution is 5.94. The molecule has 35 heavy (non-hydrogen) atoms. The van der Waals surface area contributed by atoms with Crippen LogP contribution in [0.4, 0.5) is 5.82 Å². The molecule has 1 unspecified atom stereocenters. The molecule has 1 aromatic carbocycles. The number of anilines is 1. The monoisotopic (exact) mass is 475 g/mol. The van der Waals surface area contributed by atoms with E-state index in [1.807, 2.05) is 58.9 Å². The molecule has 2 aromatic heterocycles. The number of carbonyl (C=O) groups excluding carboxylic acids is 1. The van der Waals surface area contributed by atoms with E-state index in [1.54, 1.807) is 0 Å². The minimum absolute atomic E-state index is 0.00248. The van der Waals surface area contributed by atoms with Crippen molar-refractivity contribution in [2.75, 3.05) is 37.7 Å². The van der Waals surface area contributed by atoms with Crippen LogP contribution in [0.1, 0.15) is 54.0 Å². The topological polar surface area (TPSA) is 83.2 Å². The molecule has 1 N–H and O–H groups in total. The van der Waals surface area contributed by atoms with Crippen molar-refractivity contribution in [3.63, 3.8) is 0 Å². The summed E-state index contributed by atoms with van der Waals surface area (Å²) in [5.74, 6) is 1.19. The van der Waals surface area contributed by atoms with Crippen molar-refractivity contribution >= 4 is 17.2 Å². The van der Waals surface area contributed by atoms with Crippen LogP contribution < -0.4 is 4.90 Å². The van der Waals surface area contributed by atoms with E-state index >= 15 is 0 Å². The predicted molar refractivity (Wildman–Crippen MR) is 132 cm³/mol. The first-order valence-electron chi connectivity index (χ1n) is 12.8. The maximum Gasteiger partial charge on any atom is 0.290 e. The van der Waals surface area contributed by atoms with E-state index in [1.165, 1.54) is 0 Å². The van der Waals surface area contributed by atoms with E-state index in [-0.39, 0.29) is 17.9 Å². The Kier molecular flexibility index (Phi) is 5.73. The molecule has 1 aliphatic carbocycles. The second-order valence-electron chi connectivity index (χ2n) is 10.1. The molecule has 0 spiro atoms. The highest BCUT2D eigenvalue weighted by atomic mass is 16.5. The van der Waals surface area contributed by atoms with Gasteiger partial charge in [-0.3, -0.25) is 14.2 Å². The average molecular weight is 476 g/mol. The van der Waals surface area contributed by atoms with E-state index in [0.29, 0.717) is 32.0 Å². The fourth-order valence-corrected chi connectivity index (χ4v) is 6.38. The van der Waals surface area contributed by atoms with Crippen LogP contribution in [-0.4, -0.2) is 69.2 Å². The molecule has 2 saturated heterocycles. The Morgan fingerprint density at radius 2 is 1.89 bits per heavy atom. The second kappa shape index (κ2) is 8.91.